The summed E-state index contributed by atoms with van der Waals surface area (Å²) in [6.07, 6.45) is 3.14. The number of rotatable bonds is 3. The number of hydrogen-bond acceptors (Lipinski definition) is 5. The van der Waals surface area contributed by atoms with Crippen LogP contribution in [-0.4, -0.2) is 62.1 Å². The van der Waals surface area contributed by atoms with Gasteiger partial charge < -0.3 is 18.8 Å². The molecular weight excluding hydrogens is 410 g/mol. The van der Waals surface area contributed by atoms with Crippen LogP contribution >= 0.6 is 0 Å². The summed E-state index contributed by atoms with van der Waals surface area (Å²) in [4.78, 5) is 42.3. The topological polar surface area (TPSA) is 93.6 Å². The van der Waals surface area contributed by atoms with Crippen LogP contribution in [0.5, 0.6) is 0 Å². The second-order valence-electron chi connectivity index (χ2n) is 7.99. The fourth-order valence-corrected chi connectivity index (χ4v) is 4.45. The van der Waals surface area contributed by atoms with E-state index in [1.54, 1.807) is 35.2 Å². The minimum atomic E-state index is -0.583. The average molecular weight is 433 g/mol. The Morgan fingerprint density at radius 3 is 2.44 bits per heavy atom. The zero-order valence-corrected chi connectivity index (χ0v) is 17.9. The molecule has 0 unspecified atom stereocenters. The molecule has 4 aromatic rings. The summed E-state index contributed by atoms with van der Waals surface area (Å²) in [7, 11) is 1.60. The van der Waals surface area contributed by atoms with Gasteiger partial charge in [0.05, 0.1) is 18.0 Å². The Morgan fingerprint density at radius 2 is 1.72 bits per heavy atom. The number of furan rings is 1. The first-order valence-corrected chi connectivity index (χ1v) is 10.5. The van der Waals surface area contributed by atoms with Gasteiger partial charge in [-0.25, -0.2) is 4.68 Å². The minimum Gasteiger partial charge on any atom is -0.459 e. The van der Waals surface area contributed by atoms with Crippen LogP contribution in [0.3, 0.4) is 0 Å². The molecule has 0 radical (unpaired) electrons. The molecule has 1 fully saturated rings. The van der Waals surface area contributed by atoms with E-state index in [1.807, 2.05) is 35.8 Å². The summed E-state index contributed by atoms with van der Waals surface area (Å²) in [5.74, 6) is 0.0398. The number of piperazine rings is 1. The summed E-state index contributed by atoms with van der Waals surface area (Å²) in [5.41, 5.74) is 1.04. The molecule has 1 atom stereocenters. The summed E-state index contributed by atoms with van der Waals surface area (Å²) >= 11 is 0. The van der Waals surface area contributed by atoms with Crippen molar-refractivity contribution in [2.45, 2.75) is 13.0 Å². The van der Waals surface area contributed by atoms with Crippen molar-refractivity contribution >= 4 is 33.6 Å². The number of aromatic nitrogens is 3. The van der Waals surface area contributed by atoms with Crippen molar-refractivity contribution in [3.63, 3.8) is 0 Å². The summed E-state index contributed by atoms with van der Waals surface area (Å²) in [6, 6.07) is 10.4. The molecule has 0 spiro atoms. The lowest BCUT2D eigenvalue weighted by atomic mass is 10.2. The number of carbonyl (C=O) groups excluding carboxylic acids is 2. The van der Waals surface area contributed by atoms with Gasteiger partial charge in [-0.15, -0.1) is 0 Å². The molecule has 3 aromatic heterocycles. The number of carbonyl (C=O) groups is 2. The van der Waals surface area contributed by atoms with Crippen LogP contribution in [0.25, 0.3) is 21.8 Å². The Bertz CT molecular complexity index is 1380. The first-order valence-electron chi connectivity index (χ1n) is 10.5. The fraction of sp³-hybridized carbons (Fsp3) is 0.304. The van der Waals surface area contributed by atoms with Gasteiger partial charge in [-0.3, -0.25) is 14.4 Å². The van der Waals surface area contributed by atoms with E-state index in [0.717, 1.165) is 16.3 Å². The van der Waals surface area contributed by atoms with Crippen LogP contribution < -0.4 is 5.56 Å². The second-order valence-corrected chi connectivity index (χ2v) is 7.99. The van der Waals surface area contributed by atoms with Crippen LogP contribution in [0.2, 0.25) is 0 Å². The predicted molar refractivity (Wildman–Crippen MR) is 118 cm³/mol. The normalized spacial score (nSPS) is 15.4. The Kier molecular flexibility index (Phi) is 4.80. The third kappa shape index (κ3) is 3.08. The molecule has 2 amide bonds. The van der Waals surface area contributed by atoms with Crippen molar-refractivity contribution in [3.05, 3.63) is 65.0 Å². The van der Waals surface area contributed by atoms with Gasteiger partial charge in [0.25, 0.3) is 11.5 Å². The van der Waals surface area contributed by atoms with Gasteiger partial charge in [0.1, 0.15) is 11.6 Å². The van der Waals surface area contributed by atoms with Gasteiger partial charge in [-0.2, -0.15) is 5.10 Å². The Balaban J connectivity index is 1.44. The van der Waals surface area contributed by atoms with E-state index in [4.69, 9.17) is 4.42 Å². The quantitative estimate of drug-likeness (QED) is 0.493. The van der Waals surface area contributed by atoms with Crippen LogP contribution in [-0.2, 0) is 11.8 Å². The highest BCUT2D eigenvalue weighted by Gasteiger charge is 2.30. The van der Waals surface area contributed by atoms with Crippen LogP contribution in [0.1, 0.15) is 23.5 Å². The standard InChI is InChI=1S/C23H23N5O4/c1-15(21(29)26-9-11-27(12-10-26)22(30)19-8-5-13-32-19)28-18-7-4-3-6-16(18)17-14-24-25(2)23(31)20(17)28/h3-8,13-15H,9-12H2,1-2H3/t15-/m0/s1. The third-order valence-corrected chi connectivity index (χ3v) is 6.16. The number of para-hydroxylation sites is 1. The molecular formula is C23H23N5O4. The molecule has 0 N–H and O–H groups in total. The Hall–Kier alpha value is -3.88. The lowest BCUT2D eigenvalue weighted by molar-refractivity contribution is -0.135. The highest BCUT2D eigenvalue weighted by Crippen LogP contribution is 2.30. The summed E-state index contributed by atoms with van der Waals surface area (Å²) in [6.45, 7) is 3.51. The number of nitrogens with zero attached hydrogens (tertiary/aromatic N) is 5. The SMILES string of the molecule is C[C@@H](C(=O)N1CCN(C(=O)c2ccco2)CC1)n1c2ccccc2c2cnn(C)c(=O)c21. The fourth-order valence-electron chi connectivity index (χ4n) is 4.45. The van der Waals surface area contributed by atoms with Crippen LogP contribution in [0.15, 0.2) is 58.1 Å². The van der Waals surface area contributed by atoms with Crippen LogP contribution in [0.4, 0.5) is 0 Å². The Morgan fingerprint density at radius 1 is 1.00 bits per heavy atom. The van der Waals surface area contributed by atoms with Gasteiger partial charge in [-0.1, -0.05) is 18.2 Å². The van der Waals surface area contributed by atoms with E-state index in [1.165, 1.54) is 10.9 Å². The monoisotopic (exact) mass is 433 g/mol. The predicted octanol–water partition coefficient (Wildman–Crippen LogP) is 2.03. The van der Waals surface area contributed by atoms with E-state index >= 15 is 0 Å². The lowest BCUT2D eigenvalue weighted by Gasteiger charge is -2.36. The van der Waals surface area contributed by atoms with Crippen molar-refractivity contribution in [2.75, 3.05) is 26.2 Å². The number of fused-ring (bicyclic) bond motifs is 3. The van der Waals surface area contributed by atoms with Gasteiger partial charge in [-0.05, 0) is 25.1 Å². The molecule has 4 heterocycles. The molecule has 9 nitrogen and oxygen atoms in total. The van der Waals surface area contributed by atoms with Gasteiger partial charge in [0.2, 0.25) is 5.91 Å². The highest BCUT2D eigenvalue weighted by molar-refractivity contribution is 6.08. The Labute approximate surface area is 183 Å². The molecule has 164 valence electrons. The maximum absolute atomic E-state index is 13.4. The number of amides is 2. The van der Waals surface area contributed by atoms with E-state index < -0.39 is 6.04 Å². The van der Waals surface area contributed by atoms with E-state index in [0.29, 0.717) is 37.5 Å². The van der Waals surface area contributed by atoms with Crippen molar-refractivity contribution < 1.29 is 14.0 Å². The third-order valence-electron chi connectivity index (χ3n) is 6.16. The number of hydrogen-bond donors (Lipinski definition) is 0. The summed E-state index contributed by atoms with van der Waals surface area (Å²) in [5, 5.41) is 5.78. The van der Waals surface area contributed by atoms with Gasteiger partial charge >= 0.3 is 0 Å². The van der Waals surface area contributed by atoms with Crippen molar-refractivity contribution in [1.82, 2.24) is 24.1 Å². The first kappa shape index (κ1) is 20.0. The molecule has 0 bridgehead atoms. The smallest absolute Gasteiger partial charge is 0.291 e. The molecule has 1 saturated heterocycles. The average Bonchev–Trinajstić information content (AvgIpc) is 3.47. The molecule has 1 aliphatic rings. The minimum absolute atomic E-state index is 0.0865. The van der Waals surface area contributed by atoms with E-state index in [-0.39, 0.29) is 17.4 Å². The number of aryl methyl sites for hydroxylation is 1. The molecule has 9 heteroatoms. The van der Waals surface area contributed by atoms with Crippen molar-refractivity contribution in [2.24, 2.45) is 7.05 Å². The highest BCUT2D eigenvalue weighted by atomic mass is 16.3. The summed E-state index contributed by atoms with van der Waals surface area (Å²) < 4.78 is 8.30. The van der Waals surface area contributed by atoms with Gasteiger partial charge in [0, 0.05) is 44.0 Å². The molecule has 1 aromatic carbocycles. The zero-order chi connectivity index (χ0) is 22.4. The molecule has 1 aliphatic heterocycles. The number of benzene rings is 1. The van der Waals surface area contributed by atoms with E-state index in [9.17, 15) is 14.4 Å². The van der Waals surface area contributed by atoms with Gasteiger partial charge in [0.15, 0.2) is 5.76 Å². The van der Waals surface area contributed by atoms with Crippen molar-refractivity contribution in [3.8, 4) is 0 Å². The van der Waals surface area contributed by atoms with Crippen molar-refractivity contribution in [1.29, 1.82) is 0 Å². The molecule has 32 heavy (non-hydrogen) atoms. The van der Waals surface area contributed by atoms with E-state index in [2.05, 4.69) is 5.10 Å². The lowest BCUT2D eigenvalue weighted by Crippen LogP contribution is -2.51. The first-order chi connectivity index (χ1) is 15.5. The zero-order valence-electron chi connectivity index (χ0n) is 17.9. The molecule has 0 aliphatic carbocycles. The molecule has 5 rings (SSSR count). The maximum Gasteiger partial charge on any atom is 0.291 e. The second kappa shape index (κ2) is 7.67. The van der Waals surface area contributed by atoms with Crippen LogP contribution in [0, 0.1) is 0 Å². The largest absolute Gasteiger partial charge is 0.459 e. The maximum atomic E-state index is 13.4. The molecule has 0 saturated carbocycles.